The zero-order valence-corrected chi connectivity index (χ0v) is 9.28. The molecule has 16 heavy (non-hydrogen) atoms. The summed E-state index contributed by atoms with van der Waals surface area (Å²) in [5, 5.41) is 6.44. The summed E-state index contributed by atoms with van der Waals surface area (Å²) in [4.78, 5) is 16.0. The van der Waals surface area contributed by atoms with Crippen LogP contribution in [-0.4, -0.2) is 36.4 Å². The number of ketones is 1. The van der Waals surface area contributed by atoms with Crippen LogP contribution in [0.3, 0.4) is 0 Å². The normalized spacial score (nSPS) is 20.6. The molecule has 0 radical (unpaired) electrons. The molecule has 1 saturated heterocycles. The first-order valence-corrected chi connectivity index (χ1v) is 5.73. The molecular weight excluding hydrogens is 202 g/mol. The predicted molar refractivity (Wildman–Crippen MR) is 62.2 cm³/mol. The molecule has 0 amide bonds. The van der Waals surface area contributed by atoms with Crippen molar-refractivity contribution < 1.29 is 4.79 Å². The quantitative estimate of drug-likeness (QED) is 0.756. The molecule has 4 heteroatoms. The minimum absolute atomic E-state index is 0.0162. The molecule has 4 nitrogen and oxygen atoms in total. The number of hydrogen-bond donors (Lipinski definition) is 2. The van der Waals surface area contributed by atoms with Crippen molar-refractivity contribution in [3.8, 4) is 0 Å². The van der Waals surface area contributed by atoms with Crippen LogP contribution in [0, 0.1) is 0 Å². The largest absolute Gasteiger partial charge is 0.313 e. The fraction of sp³-hybridized carbons (Fsp3) is 0.500. The van der Waals surface area contributed by atoms with Crippen molar-refractivity contribution in [1.82, 2.24) is 15.6 Å². The number of carbonyl (C=O) groups is 1. The fourth-order valence-corrected chi connectivity index (χ4v) is 1.85. The molecule has 0 aliphatic carbocycles. The van der Waals surface area contributed by atoms with Crippen molar-refractivity contribution in [3.05, 3.63) is 30.1 Å². The first-order chi connectivity index (χ1) is 7.86. The molecular formula is C12H17N3O. The van der Waals surface area contributed by atoms with Gasteiger partial charge in [-0.2, -0.15) is 0 Å². The number of pyridine rings is 1. The third-order valence-electron chi connectivity index (χ3n) is 2.78. The van der Waals surface area contributed by atoms with Crippen LogP contribution < -0.4 is 10.6 Å². The van der Waals surface area contributed by atoms with Gasteiger partial charge in [-0.25, -0.2) is 0 Å². The summed E-state index contributed by atoms with van der Waals surface area (Å²) in [6.45, 7) is 2.57. The Bertz CT molecular complexity index is 333. The molecule has 1 aromatic rings. The molecule has 2 heterocycles. The van der Waals surface area contributed by atoms with Crippen molar-refractivity contribution in [2.75, 3.05) is 19.6 Å². The van der Waals surface area contributed by atoms with E-state index < -0.39 is 0 Å². The maximum Gasteiger partial charge on any atom is 0.151 e. The lowest BCUT2D eigenvalue weighted by Gasteiger charge is -2.23. The average Bonchev–Trinajstić information content (AvgIpc) is 2.38. The van der Waals surface area contributed by atoms with E-state index in [4.69, 9.17) is 0 Å². The summed E-state index contributed by atoms with van der Waals surface area (Å²) in [5.41, 5.74) is 0.986. The zero-order chi connectivity index (χ0) is 11.2. The van der Waals surface area contributed by atoms with E-state index in [0.29, 0.717) is 6.42 Å². The maximum absolute atomic E-state index is 11.8. The second-order valence-corrected chi connectivity index (χ2v) is 4.00. The molecule has 1 fully saturated rings. The molecule has 1 atom stereocenters. The van der Waals surface area contributed by atoms with Gasteiger partial charge in [-0.05, 0) is 18.6 Å². The molecule has 1 unspecified atom stereocenters. The molecule has 1 aliphatic rings. The molecule has 0 bridgehead atoms. The minimum atomic E-state index is -0.0162. The number of hydrogen-bond acceptors (Lipinski definition) is 4. The monoisotopic (exact) mass is 219 g/mol. The van der Waals surface area contributed by atoms with E-state index >= 15 is 0 Å². The van der Waals surface area contributed by atoms with Gasteiger partial charge in [0.25, 0.3) is 0 Å². The van der Waals surface area contributed by atoms with E-state index in [1.54, 1.807) is 6.20 Å². The number of rotatable bonds is 4. The highest BCUT2D eigenvalue weighted by Crippen LogP contribution is 2.02. The summed E-state index contributed by atoms with van der Waals surface area (Å²) in [6, 6.07) is 5.78. The summed E-state index contributed by atoms with van der Waals surface area (Å²) < 4.78 is 0. The molecule has 2 rings (SSSR count). The standard InChI is InChI=1S/C12H17N3O/c16-12(11-9-13-7-8-15-11)5-4-10-3-1-2-6-14-10/h1-3,6,11,13,15H,4-5,7-9H2. The number of Topliss-reactive ketones (excluding diaryl/α,β-unsaturated/α-hetero) is 1. The van der Waals surface area contributed by atoms with Gasteiger partial charge in [0.05, 0.1) is 6.04 Å². The third kappa shape index (κ3) is 3.12. The number of aryl methyl sites for hydroxylation is 1. The Morgan fingerprint density at radius 1 is 1.44 bits per heavy atom. The van der Waals surface area contributed by atoms with E-state index in [9.17, 15) is 4.79 Å². The zero-order valence-electron chi connectivity index (χ0n) is 9.28. The van der Waals surface area contributed by atoms with Gasteiger partial charge in [0.15, 0.2) is 5.78 Å². The van der Waals surface area contributed by atoms with Crippen molar-refractivity contribution in [2.24, 2.45) is 0 Å². The molecule has 0 spiro atoms. The van der Waals surface area contributed by atoms with Crippen molar-refractivity contribution in [3.63, 3.8) is 0 Å². The summed E-state index contributed by atoms with van der Waals surface area (Å²) in [7, 11) is 0. The van der Waals surface area contributed by atoms with E-state index in [1.807, 2.05) is 18.2 Å². The van der Waals surface area contributed by atoms with E-state index in [2.05, 4.69) is 15.6 Å². The first kappa shape index (κ1) is 11.2. The van der Waals surface area contributed by atoms with Crippen LogP contribution in [0.25, 0.3) is 0 Å². The Kier molecular flexibility index (Phi) is 4.02. The Morgan fingerprint density at radius 3 is 3.06 bits per heavy atom. The van der Waals surface area contributed by atoms with Crippen LogP contribution in [0.5, 0.6) is 0 Å². The van der Waals surface area contributed by atoms with E-state index in [1.165, 1.54) is 0 Å². The van der Waals surface area contributed by atoms with Gasteiger partial charge >= 0.3 is 0 Å². The Labute approximate surface area is 95.5 Å². The summed E-state index contributed by atoms with van der Waals surface area (Å²) >= 11 is 0. The minimum Gasteiger partial charge on any atom is -0.313 e. The molecule has 86 valence electrons. The van der Waals surface area contributed by atoms with Crippen LogP contribution >= 0.6 is 0 Å². The molecule has 1 aromatic heterocycles. The van der Waals surface area contributed by atoms with Crippen LogP contribution in [0.15, 0.2) is 24.4 Å². The lowest BCUT2D eigenvalue weighted by molar-refractivity contribution is -0.121. The van der Waals surface area contributed by atoms with Gasteiger partial charge in [0, 0.05) is 37.9 Å². The number of nitrogens with zero attached hydrogens (tertiary/aromatic N) is 1. The maximum atomic E-state index is 11.8. The lowest BCUT2D eigenvalue weighted by atomic mass is 10.0. The fourth-order valence-electron chi connectivity index (χ4n) is 1.85. The van der Waals surface area contributed by atoms with Gasteiger partial charge in [0.2, 0.25) is 0 Å². The number of aromatic nitrogens is 1. The van der Waals surface area contributed by atoms with E-state index in [-0.39, 0.29) is 11.8 Å². The molecule has 2 N–H and O–H groups in total. The lowest BCUT2D eigenvalue weighted by Crippen LogP contribution is -2.52. The Hall–Kier alpha value is -1.26. The van der Waals surface area contributed by atoms with Crippen LogP contribution in [0.4, 0.5) is 0 Å². The Balaban J connectivity index is 1.79. The summed E-state index contributed by atoms with van der Waals surface area (Å²) in [6.07, 6.45) is 3.06. The van der Waals surface area contributed by atoms with E-state index in [0.717, 1.165) is 31.7 Å². The van der Waals surface area contributed by atoms with Gasteiger partial charge in [-0.1, -0.05) is 6.07 Å². The highest BCUT2D eigenvalue weighted by Gasteiger charge is 2.19. The number of piperazine rings is 1. The summed E-state index contributed by atoms with van der Waals surface area (Å²) in [5.74, 6) is 0.276. The van der Waals surface area contributed by atoms with Gasteiger partial charge < -0.3 is 10.6 Å². The second-order valence-electron chi connectivity index (χ2n) is 4.00. The van der Waals surface area contributed by atoms with Crippen molar-refractivity contribution in [2.45, 2.75) is 18.9 Å². The van der Waals surface area contributed by atoms with Crippen molar-refractivity contribution in [1.29, 1.82) is 0 Å². The Morgan fingerprint density at radius 2 is 2.38 bits per heavy atom. The van der Waals surface area contributed by atoms with Crippen molar-refractivity contribution >= 4 is 5.78 Å². The van der Waals surface area contributed by atoms with Crippen LogP contribution in [0.1, 0.15) is 12.1 Å². The molecule has 1 aliphatic heterocycles. The van der Waals surface area contributed by atoms with Gasteiger partial charge in [-0.15, -0.1) is 0 Å². The number of nitrogens with one attached hydrogen (secondary N) is 2. The number of carbonyl (C=O) groups excluding carboxylic acids is 1. The topological polar surface area (TPSA) is 54.0 Å². The predicted octanol–water partition coefficient (Wildman–Crippen LogP) is 0.145. The van der Waals surface area contributed by atoms with Crippen LogP contribution in [0.2, 0.25) is 0 Å². The first-order valence-electron chi connectivity index (χ1n) is 5.73. The second kappa shape index (κ2) is 5.72. The SMILES string of the molecule is O=C(CCc1ccccn1)C1CNCCN1. The highest BCUT2D eigenvalue weighted by molar-refractivity contribution is 5.84. The average molecular weight is 219 g/mol. The van der Waals surface area contributed by atoms with Gasteiger partial charge in [-0.3, -0.25) is 9.78 Å². The highest BCUT2D eigenvalue weighted by atomic mass is 16.1. The van der Waals surface area contributed by atoms with Crippen LogP contribution in [-0.2, 0) is 11.2 Å². The molecule has 0 saturated carbocycles. The molecule has 0 aromatic carbocycles. The van der Waals surface area contributed by atoms with Gasteiger partial charge in [0.1, 0.15) is 0 Å². The smallest absolute Gasteiger partial charge is 0.151 e. The third-order valence-corrected chi connectivity index (χ3v) is 2.78.